The number of aliphatic imine (C=N–C) groups is 1. The Morgan fingerprint density at radius 1 is 1.07 bits per heavy atom. The number of methoxy groups -OCH3 is 2. The molecule has 0 saturated heterocycles. The lowest BCUT2D eigenvalue weighted by Crippen LogP contribution is -2.33. The van der Waals surface area contributed by atoms with Gasteiger partial charge in [-0.1, -0.05) is 18.2 Å². The molecule has 1 aliphatic carbocycles. The highest BCUT2D eigenvalue weighted by atomic mass is 16.5. The van der Waals surface area contributed by atoms with Crippen LogP contribution in [0.5, 0.6) is 17.2 Å². The summed E-state index contributed by atoms with van der Waals surface area (Å²) in [5.41, 5.74) is 9.43. The summed E-state index contributed by atoms with van der Waals surface area (Å²) in [6.45, 7) is 4.04. The fourth-order valence-electron chi connectivity index (χ4n) is 3.02. The Morgan fingerprint density at radius 3 is 2.59 bits per heavy atom. The van der Waals surface area contributed by atoms with Gasteiger partial charge in [0, 0.05) is 12.1 Å². The van der Waals surface area contributed by atoms with E-state index in [2.05, 4.69) is 35.4 Å². The molecule has 0 aliphatic heterocycles. The lowest BCUT2D eigenvalue weighted by molar-refractivity contribution is 0.296. The molecule has 6 heteroatoms. The van der Waals surface area contributed by atoms with Crippen molar-refractivity contribution in [1.29, 1.82) is 0 Å². The van der Waals surface area contributed by atoms with Gasteiger partial charge < -0.3 is 25.3 Å². The maximum absolute atomic E-state index is 6.05. The molecule has 1 saturated carbocycles. The van der Waals surface area contributed by atoms with Crippen molar-refractivity contribution in [2.45, 2.75) is 32.7 Å². The van der Waals surface area contributed by atoms with Gasteiger partial charge in [0.2, 0.25) is 0 Å². The van der Waals surface area contributed by atoms with Crippen LogP contribution >= 0.6 is 0 Å². The van der Waals surface area contributed by atoms with Crippen LogP contribution in [0.25, 0.3) is 0 Å². The predicted molar refractivity (Wildman–Crippen MR) is 116 cm³/mol. The van der Waals surface area contributed by atoms with Crippen molar-refractivity contribution in [3.8, 4) is 17.2 Å². The molecular formula is C23H31N3O3. The second kappa shape index (κ2) is 10.0. The first kappa shape index (κ1) is 20.8. The molecule has 2 aromatic rings. The predicted octanol–water partition coefficient (Wildman–Crippen LogP) is 3.45. The average Bonchev–Trinajstić information content (AvgIpc) is 3.56. The Kier molecular flexibility index (Phi) is 7.22. The minimum absolute atomic E-state index is 0.430. The number of guanidine groups is 1. The third-order valence-corrected chi connectivity index (χ3v) is 4.98. The van der Waals surface area contributed by atoms with E-state index in [9.17, 15) is 0 Å². The summed E-state index contributed by atoms with van der Waals surface area (Å²) in [5.74, 6) is 3.51. The molecule has 156 valence electrons. The van der Waals surface area contributed by atoms with E-state index in [-0.39, 0.29) is 0 Å². The standard InChI is InChI=1S/C23H31N3O3/c1-16-4-8-19(21(12-16)29-15-18-5-6-18)14-26-23(24)25-11-10-17-7-9-20(27-2)22(13-17)28-3/h4,7-9,12-13,18H,5-6,10-11,14-15H2,1-3H3,(H3,24,25,26). The van der Waals surface area contributed by atoms with Gasteiger partial charge in [0.25, 0.3) is 0 Å². The Labute approximate surface area is 173 Å². The Morgan fingerprint density at radius 2 is 1.86 bits per heavy atom. The first-order chi connectivity index (χ1) is 14.1. The normalized spacial score (nSPS) is 13.8. The van der Waals surface area contributed by atoms with Gasteiger partial charge in [-0.3, -0.25) is 0 Å². The van der Waals surface area contributed by atoms with Crippen LogP contribution in [0.1, 0.15) is 29.5 Å². The second-order valence-electron chi connectivity index (χ2n) is 7.43. The molecule has 0 heterocycles. The van der Waals surface area contributed by atoms with Crippen molar-refractivity contribution in [2.24, 2.45) is 16.6 Å². The van der Waals surface area contributed by atoms with Gasteiger partial charge in [0.1, 0.15) is 5.75 Å². The van der Waals surface area contributed by atoms with Crippen molar-refractivity contribution in [3.63, 3.8) is 0 Å². The number of benzene rings is 2. The SMILES string of the molecule is COc1ccc(CCNC(N)=NCc2ccc(C)cc2OCC2CC2)cc1OC. The number of nitrogens with zero attached hydrogens (tertiary/aromatic N) is 1. The summed E-state index contributed by atoms with van der Waals surface area (Å²) in [7, 11) is 3.27. The number of hydrogen-bond donors (Lipinski definition) is 2. The molecule has 0 aromatic heterocycles. The average molecular weight is 398 g/mol. The Balaban J connectivity index is 1.51. The molecule has 0 atom stereocenters. The maximum Gasteiger partial charge on any atom is 0.188 e. The number of nitrogens with two attached hydrogens (primary N) is 1. The molecule has 0 radical (unpaired) electrons. The van der Waals surface area contributed by atoms with Gasteiger partial charge in [-0.2, -0.15) is 0 Å². The van der Waals surface area contributed by atoms with Gasteiger partial charge in [-0.25, -0.2) is 4.99 Å². The zero-order valence-corrected chi connectivity index (χ0v) is 17.5. The smallest absolute Gasteiger partial charge is 0.188 e. The summed E-state index contributed by atoms with van der Waals surface area (Å²) < 4.78 is 16.6. The molecule has 2 aromatic carbocycles. The van der Waals surface area contributed by atoms with Crippen LogP contribution in [-0.4, -0.2) is 33.3 Å². The molecule has 1 fully saturated rings. The van der Waals surface area contributed by atoms with Crippen LogP contribution in [0.3, 0.4) is 0 Å². The Bertz CT molecular complexity index is 847. The van der Waals surface area contributed by atoms with Gasteiger partial charge in [-0.05, 0) is 61.4 Å². The van der Waals surface area contributed by atoms with Gasteiger partial charge in [-0.15, -0.1) is 0 Å². The lowest BCUT2D eigenvalue weighted by atomic mass is 10.1. The van der Waals surface area contributed by atoms with E-state index in [4.69, 9.17) is 19.9 Å². The minimum atomic E-state index is 0.430. The van der Waals surface area contributed by atoms with Crippen LogP contribution in [0.4, 0.5) is 0 Å². The van der Waals surface area contributed by atoms with Crippen molar-refractivity contribution in [2.75, 3.05) is 27.4 Å². The summed E-state index contributed by atoms with van der Waals surface area (Å²) in [4.78, 5) is 4.48. The highest BCUT2D eigenvalue weighted by Gasteiger charge is 2.22. The fourth-order valence-corrected chi connectivity index (χ4v) is 3.02. The largest absolute Gasteiger partial charge is 0.493 e. The van der Waals surface area contributed by atoms with Crippen LogP contribution in [0, 0.1) is 12.8 Å². The number of rotatable bonds is 10. The van der Waals surface area contributed by atoms with E-state index in [1.807, 2.05) is 18.2 Å². The zero-order valence-electron chi connectivity index (χ0n) is 17.5. The van der Waals surface area contributed by atoms with E-state index in [0.29, 0.717) is 19.0 Å². The molecular weight excluding hydrogens is 366 g/mol. The molecule has 1 aliphatic rings. The van der Waals surface area contributed by atoms with E-state index < -0.39 is 0 Å². The minimum Gasteiger partial charge on any atom is -0.493 e. The quantitative estimate of drug-likeness (QED) is 0.474. The van der Waals surface area contributed by atoms with E-state index in [1.54, 1.807) is 14.2 Å². The lowest BCUT2D eigenvalue weighted by Gasteiger charge is -2.12. The highest BCUT2D eigenvalue weighted by molar-refractivity contribution is 5.77. The topological polar surface area (TPSA) is 78.1 Å². The summed E-state index contributed by atoms with van der Waals surface area (Å²) >= 11 is 0. The molecule has 6 nitrogen and oxygen atoms in total. The van der Waals surface area contributed by atoms with E-state index in [1.165, 1.54) is 18.4 Å². The van der Waals surface area contributed by atoms with Crippen LogP contribution in [0.2, 0.25) is 0 Å². The third kappa shape index (κ3) is 6.31. The van der Waals surface area contributed by atoms with E-state index in [0.717, 1.165) is 47.3 Å². The molecule has 3 rings (SSSR count). The van der Waals surface area contributed by atoms with Crippen LogP contribution in [-0.2, 0) is 13.0 Å². The van der Waals surface area contributed by atoms with Crippen molar-refractivity contribution < 1.29 is 14.2 Å². The van der Waals surface area contributed by atoms with E-state index >= 15 is 0 Å². The number of nitrogens with one attached hydrogen (secondary N) is 1. The van der Waals surface area contributed by atoms with Crippen LogP contribution < -0.4 is 25.3 Å². The monoisotopic (exact) mass is 397 g/mol. The van der Waals surface area contributed by atoms with Crippen molar-refractivity contribution >= 4 is 5.96 Å². The molecule has 29 heavy (non-hydrogen) atoms. The third-order valence-electron chi connectivity index (χ3n) is 4.98. The molecule has 0 bridgehead atoms. The van der Waals surface area contributed by atoms with Crippen molar-refractivity contribution in [1.82, 2.24) is 5.32 Å². The number of hydrogen-bond acceptors (Lipinski definition) is 4. The number of aryl methyl sites for hydroxylation is 1. The zero-order chi connectivity index (χ0) is 20.6. The number of ether oxygens (including phenoxy) is 3. The molecule has 3 N–H and O–H groups in total. The summed E-state index contributed by atoms with van der Waals surface area (Å²) in [5, 5.41) is 3.17. The van der Waals surface area contributed by atoms with Crippen LogP contribution in [0.15, 0.2) is 41.4 Å². The van der Waals surface area contributed by atoms with Crippen molar-refractivity contribution in [3.05, 3.63) is 53.1 Å². The highest BCUT2D eigenvalue weighted by Crippen LogP contribution is 2.31. The maximum atomic E-state index is 6.05. The summed E-state index contributed by atoms with van der Waals surface area (Å²) in [6.07, 6.45) is 3.35. The first-order valence-electron chi connectivity index (χ1n) is 10.1. The molecule has 0 unspecified atom stereocenters. The van der Waals surface area contributed by atoms with Gasteiger partial charge in [0.15, 0.2) is 17.5 Å². The van der Waals surface area contributed by atoms with Gasteiger partial charge >= 0.3 is 0 Å². The van der Waals surface area contributed by atoms with Gasteiger partial charge in [0.05, 0.1) is 27.4 Å². The second-order valence-corrected chi connectivity index (χ2v) is 7.43. The first-order valence-corrected chi connectivity index (χ1v) is 10.1. The molecule has 0 amide bonds. The Hall–Kier alpha value is -2.89. The molecule has 0 spiro atoms. The fraction of sp³-hybridized carbons (Fsp3) is 0.435. The summed E-state index contributed by atoms with van der Waals surface area (Å²) in [6, 6.07) is 12.1.